The van der Waals surface area contributed by atoms with Gasteiger partial charge in [-0.3, -0.25) is 0 Å². The van der Waals surface area contributed by atoms with Crippen molar-refractivity contribution in [3.05, 3.63) is 22.7 Å². The second kappa shape index (κ2) is 7.37. The molecular weight excluding hydrogens is 286 g/mol. The highest BCUT2D eigenvalue weighted by molar-refractivity contribution is 6.30. The fourth-order valence-electron chi connectivity index (χ4n) is 3.37. The van der Waals surface area contributed by atoms with Crippen LogP contribution in [0.5, 0.6) is 11.5 Å². The highest BCUT2D eigenvalue weighted by atomic mass is 35.5. The molecule has 4 heteroatoms. The fourth-order valence-corrected chi connectivity index (χ4v) is 3.60. The lowest BCUT2D eigenvalue weighted by molar-refractivity contribution is 0.204. The first-order chi connectivity index (χ1) is 10.0. The molecule has 1 aliphatic rings. The van der Waals surface area contributed by atoms with Crippen molar-refractivity contribution in [3.8, 4) is 11.5 Å². The maximum Gasteiger partial charge on any atom is 0.162 e. The zero-order valence-corrected chi connectivity index (χ0v) is 13.9. The number of hydrogen-bond acceptors (Lipinski definition) is 3. The van der Waals surface area contributed by atoms with Gasteiger partial charge in [0, 0.05) is 29.2 Å². The maximum absolute atomic E-state index is 10.2. The third-order valence-electron chi connectivity index (χ3n) is 4.57. The average Bonchev–Trinajstić information content (AvgIpc) is 2.47. The van der Waals surface area contributed by atoms with Crippen LogP contribution in [0.15, 0.2) is 12.1 Å². The fraction of sp³-hybridized carbons (Fsp3) is 0.647. The van der Waals surface area contributed by atoms with Crippen molar-refractivity contribution in [3.63, 3.8) is 0 Å². The van der Waals surface area contributed by atoms with Crippen molar-refractivity contribution < 1.29 is 9.84 Å². The van der Waals surface area contributed by atoms with E-state index in [1.54, 1.807) is 19.2 Å². The molecule has 1 aromatic carbocycles. The van der Waals surface area contributed by atoms with Crippen molar-refractivity contribution in [1.82, 2.24) is 5.32 Å². The Bertz CT molecular complexity index is 476. The minimum Gasteiger partial charge on any atom is -0.504 e. The van der Waals surface area contributed by atoms with Gasteiger partial charge in [-0.2, -0.15) is 0 Å². The van der Waals surface area contributed by atoms with Gasteiger partial charge >= 0.3 is 0 Å². The summed E-state index contributed by atoms with van der Waals surface area (Å²) in [6, 6.07) is 3.96. The molecule has 2 unspecified atom stereocenters. The zero-order valence-electron chi connectivity index (χ0n) is 13.2. The van der Waals surface area contributed by atoms with E-state index in [4.69, 9.17) is 16.3 Å². The molecule has 1 aromatic rings. The molecule has 2 N–H and O–H groups in total. The third-order valence-corrected chi connectivity index (χ3v) is 4.79. The second-order valence-corrected chi connectivity index (χ2v) is 6.73. The molecular formula is C17H26ClNO2. The Hall–Kier alpha value is -0.930. The first-order valence-corrected chi connectivity index (χ1v) is 8.19. The van der Waals surface area contributed by atoms with Gasteiger partial charge < -0.3 is 15.2 Å². The van der Waals surface area contributed by atoms with E-state index in [1.807, 2.05) is 0 Å². The summed E-state index contributed by atoms with van der Waals surface area (Å²) in [4.78, 5) is 0. The molecule has 0 amide bonds. The summed E-state index contributed by atoms with van der Waals surface area (Å²) < 4.78 is 5.16. The number of hydrogen-bond donors (Lipinski definition) is 2. The first kappa shape index (κ1) is 16.4. The van der Waals surface area contributed by atoms with Gasteiger partial charge in [-0.25, -0.2) is 0 Å². The Morgan fingerprint density at radius 1 is 1.33 bits per heavy atom. The Balaban J connectivity index is 2.06. The molecule has 0 aliphatic heterocycles. The Morgan fingerprint density at radius 3 is 2.71 bits per heavy atom. The van der Waals surface area contributed by atoms with Gasteiger partial charge in [0.25, 0.3) is 0 Å². The van der Waals surface area contributed by atoms with Crippen LogP contribution < -0.4 is 10.1 Å². The monoisotopic (exact) mass is 311 g/mol. The minimum atomic E-state index is 0.186. The van der Waals surface area contributed by atoms with Crippen LogP contribution in [0, 0.1) is 11.8 Å². The number of phenolic OH excluding ortho intramolecular Hbond substituents is 1. The molecule has 0 saturated heterocycles. The van der Waals surface area contributed by atoms with Crippen molar-refractivity contribution in [2.75, 3.05) is 7.11 Å². The predicted molar refractivity (Wildman–Crippen MR) is 87.1 cm³/mol. The van der Waals surface area contributed by atoms with Crippen LogP contribution >= 0.6 is 11.6 Å². The first-order valence-electron chi connectivity index (χ1n) is 7.81. The van der Waals surface area contributed by atoms with E-state index in [9.17, 15) is 5.11 Å². The average molecular weight is 312 g/mol. The van der Waals surface area contributed by atoms with E-state index in [0.29, 0.717) is 35.2 Å². The van der Waals surface area contributed by atoms with E-state index < -0.39 is 0 Å². The number of benzene rings is 1. The Kier molecular flexibility index (Phi) is 5.77. The van der Waals surface area contributed by atoms with Gasteiger partial charge in [-0.05, 0) is 30.7 Å². The minimum absolute atomic E-state index is 0.186. The van der Waals surface area contributed by atoms with E-state index in [1.165, 1.54) is 25.7 Å². The molecule has 0 aromatic heterocycles. The van der Waals surface area contributed by atoms with Crippen molar-refractivity contribution in [2.24, 2.45) is 11.8 Å². The smallest absolute Gasteiger partial charge is 0.162 e. The summed E-state index contributed by atoms with van der Waals surface area (Å²) in [5.74, 6) is 2.02. The van der Waals surface area contributed by atoms with Gasteiger partial charge in [0.2, 0.25) is 0 Å². The summed E-state index contributed by atoms with van der Waals surface area (Å²) >= 11 is 6.08. The van der Waals surface area contributed by atoms with Gasteiger partial charge in [0.15, 0.2) is 11.5 Å². The molecule has 2 rings (SSSR count). The van der Waals surface area contributed by atoms with Crippen LogP contribution in [0.1, 0.15) is 45.1 Å². The lowest BCUT2D eigenvalue weighted by atomic mass is 9.78. The third kappa shape index (κ3) is 4.04. The van der Waals surface area contributed by atoms with E-state index in [0.717, 1.165) is 5.56 Å². The summed E-state index contributed by atoms with van der Waals surface area (Å²) in [5.41, 5.74) is 0.799. The van der Waals surface area contributed by atoms with Crippen LogP contribution in [0.2, 0.25) is 5.02 Å². The largest absolute Gasteiger partial charge is 0.504 e. The van der Waals surface area contributed by atoms with Gasteiger partial charge in [0.05, 0.1) is 7.11 Å². The quantitative estimate of drug-likeness (QED) is 0.849. The van der Waals surface area contributed by atoms with Gasteiger partial charge in [0.1, 0.15) is 0 Å². The highest BCUT2D eigenvalue weighted by Crippen LogP contribution is 2.34. The zero-order chi connectivity index (χ0) is 15.4. The normalized spacial score (nSPS) is 22.5. The highest BCUT2D eigenvalue weighted by Gasteiger charge is 2.27. The molecule has 0 spiro atoms. The lowest BCUT2D eigenvalue weighted by Gasteiger charge is -2.35. The summed E-state index contributed by atoms with van der Waals surface area (Å²) in [6.07, 6.45) is 5.12. The molecule has 0 heterocycles. The molecule has 118 valence electrons. The molecule has 3 nitrogen and oxygen atoms in total. The van der Waals surface area contributed by atoms with Gasteiger partial charge in [-0.15, -0.1) is 0 Å². The molecule has 1 aliphatic carbocycles. The molecule has 21 heavy (non-hydrogen) atoms. The van der Waals surface area contributed by atoms with Crippen molar-refractivity contribution in [1.29, 1.82) is 0 Å². The topological polar surface area (TPSA) is 41.5 Å². The summed E-state index contributed by atoms with van der Waals surface area (Å²) in [7, 11) is 1.54. The standard InChI is InChI=1S/C17H26ClNO2/c1-11(2)14-6-4-5-7-15(14)19-10-12-8-13(18)9-16(21-3)17(12)20/h8-9,11,14-15,19-20H,4-7,10H2,1-3H3. The predicted octanol–water partition coefficient (Wildman–Crippen LogP) is 4.36. The van der Waals surface area contributed by atoms with Crippen molar-refractivity contribution in [2.45, 2.75) is 52.1 Å². The van der Waals surface area contributed by atoms with E-state index in [2.05, 4.69) is 19.2 Å². The number of phenols is 1. The van der Waals surface area contributed by atoms with Crippen molar-refractivity contribution >= 4 is 11.6 Å². The van der Waals surface area contributed by atoms with Crippen LogP contribution in [0.4, 0.5) is 0 Å². The Labute approximate surface area is 132 Å². The SMILES string of the molecule is COc1cc(Cl)cc(CNC2CCCCC2C(C)C)c1O. The molecule has 0 radical (unpaired) electrons. The molecule has 2 atom stereocenters. The van der Waals surface area contributed by atoms with Crippen LogP contribution in [0.25, 0.3) is 0 Å². The summed E-state index contributed by atoms with van der Waals surface area (Å²) in [5, 5.41) is 14.4. The maximum atomic E-state index is 10.2. The number of nitrogens with one attached hydrogen (secondary N) is 1. The van der Waals surface area contributed by atoms with Gasteiger partial charge in [-0.1, -0.05) is 38.3 Å². The van der Waals surface area contributed by atoms with E-state index in [-0.39, 0.29) is 5.75 Å². The van der Waals surface area contributed by atoms with Crippen LogP contribution in [-0.4, -0.2) is 18.3 Å². The van der Waals surface area contributed by atoms with E-state index >= 15 is 0 Å². The lowest BCUT2D eigenvalue weighted by Crippen LogP contribution is -2.40. The van der Waals surface area contributed by atoms with Crippen LogP contribution in [0.3, 0.4) is 0 Å². The number of aromatic hydroxyl groups is 1. The van der Waals surface area contributed by atoms with Crippen LogP contribution in [-0.2, 0) is 6.54 Å². The number of halogens is 1. The Morgan fingerprint density at radius 2 is 2.05 bits per heavy atom. The second-order valence-electron chi connectivity index (χ2n) is 6.30. The number of ether oxygens (including phenoxy) is 1. The number of methoxy groups -OCH3 is 1. The molecule has 0 bridgehead atoms. The molecule has 1 fully saturated rings. The summed E-state index contributed by atoms with van der Waals surface area (Å²) in [6.45, 7) is 5.21. The molecule has 1 saturated carbocycles. The number of rotatable bonds is 5.